The summed E-state index contributed by atoms with van der Waals surface area (Å²) in [5.74, 6) is 0. The van der Waals surface area contributed by atoms with Crippen molar-refractivity contribution in [1.82, 2.24) is 0 Å². The summed E-state index contributed by atoms with van der Waals surface area (Å²) in [7, 11) is -0.995. The molecule has 1 unspecified atom stereocenters. The third-order valence-corrected chi connectivity index (χ3v) is 2.61. The summed E-state index contributed by atoms with van der Waals surface area (Å²) in [6.45, 7) is 4.74. The van der Waals surface area contributed by atoms with E-state index in [9.17, 15) is 8.42 Å². The van der Waals surface area contributed by atoms with Crippen molar-refractivity contribution in [1.29, 1.82) is 0 Å². The quantitative estimate of drug-likeness (QED) is 0.346. The average molecular weight is 291 g/mol. The van der Waals surface area contributed by atoms with Crippen LogP contribution in [0.25, 0.3) is 0 Å². The van der Waals surface area contributed by atoms with Gasteiger partial charge >= 0.3 is 0 Å². The van der Waals surface area contributed by atoms with Gasteiger partial charge in [-0.15, -0.1) is 0 Å². The van der Waals surface area contributed by atoms with E-state index < -0.39 is 15.0 Å². The molecule has 0 saturated carbocycles. The second-order valence-electron chi connectivity index (χ2n) is 2.99. The lowest BCUT2D eigenvalue weighted by atomic mass is 10.2. The maximum absolute atomic E-state index is 10.8. The van der Waals surface area contributed by atoms with E-state index in [4.69, 9.17) is 10.3 Å². The fraction of sp³-hybridized carbons (Fsp3) is 0.250. The highest BCUT2D eigenvalue weighted by Crippen LogP contribution is 2.17. The second-order valence-corrected chi connectivity index (χ2v) is 4.69. The Balaban J connectivity index is 5.69. The second kappa shape index (κ2) is 7.10. The summed E-state index contributed by atoms with van der Waals surface area (Å²) >= 11 is 0. The molecular formula is C8H14N5O3PS. The number of azo groups is 1. The number of hydrogen-bond acceptors (Lipinski definition) is 7. The van der Waals surface area contributed by atoms with Crippen LogP contribution < -0.4 is 5.73 Å². The first kappa shape index (κ1) is 16.6. The maximum atomic E-state index is 10.8. The van der Waals surface area contributed by atoms with Gasteiger partial charge in [-0.25, -0.2) is 0 Å². The van der Waals surface area contributed by atoms with E-state index >= 15 is 0 Å². The minimum absolute atomic E-state index is 0.00928. The molecular weight excluding hydrogens is 277 g/mol. The van der Waals surface area contributed by atoms with Gasteiger partial charge in [0.1, 0.15) is 5.70 Å². The molecule has 10 heteroatoms. The fourth-order valence-corrected chi connectivity index (χ4v) is 1.25. The van der Waals surface area contributed by atoms with Gasteiger partial charge in [-0.2, -0.15) is 28.6 Å². The van der Waals surface area contributed by atoms with Crippen molar-refractivity contribution in [2.24, 2.45) is 26.0 Å². The first-order valence-electron chi connectivity index (χ1n) is 4.49. The third kappa shape index (κ3) is 5.26. The predicted molar refractivity (Wildman–Crippen MR) is 71.0 cm³/mol. The Labute approximate surface area is 107 Å². The Kier molecular flexibility index (Phi) is 6.53. The number of rotatable bonds is 5. The molecule has 0 bridgehead atoms. The lowest BCUT2D eigenvalue weighted by Gasteiger charge is -2.03. The molecule has 0 radical (unpaired) electrons. The van der Waals surface area contributed by atoms with Crippen LogP contribution in [-0.4, -0.2) is 20.0 Å². The lowest BCUT2D eigenvalue weighted by Crippen LogP contribution is -2.05. The van der Waals surface area contributed by atoms with Crippen LogP contribution in [0.15, 0.2) is 54.9 Å². The monoisotopic (exact) mass is 291 g/mol. The highest BCUT2D eigenvalue weighted by Gasteiger charge is 2.12. The Morgan fingerprint density at radius 3 is 2.39 bits per heavy atom. The van der Waals surface area contributed by atoms with E-state index in [2.05, 4.69) is 26.8 Å². The van der Waals surface area contributed by atoms with Gasteiger partial charge in [0.25, 0.3) is 10.1 Å². The van der Waals surface area contributed by atoms with Gasteiger partial charge in [0.05, 0.1) is 16.3 Å². The van der Waals surface area contributed by atoms with Crippen LogP contribution in [-0.2, 0) is 10.1 Å². The van der Waals surface area contributed by atoms with Crippen molar-refractivity contribution >= 4 is 19.5 Å². The topological polar surface area (TPSA) is 130 Å². The fourth-order valence-electron chi connectivity index (χ4n) is 0.821. The number of nitrogens with zero attached hydrogens (tertiary/aromatic N) is 4. The van der Waals surface area contributed by atoms with E-state index in [1.54, 1.807) is 6.92 Å². The largest absolute Gasteiger partial charge is 0.395 e. The zero-order valence-electron chi connectivity index (χ0n) is 9.90. The molecule has 0 fully saturated rings. The standard InChI is InChI=1S/C8H14N5O3PS/c1-5(18(14,15)16)4-7(12-10-3)8(9)6(2)11-13-17/h4H,1,9,17H2,2-3H3,(H,14,15,16)/b7-4+,8-6-,12-10?,13-11?. The summed E-state index contributed by atoms with van der Waals surface area (Å²) in [6, 6.07) is 0. The first-order chi connectivity index (χ1) is 8.23. The smallest absolute Gasteiger partial charge is 0.293 e. The van der Waals surface area contributed by atoms with Crippen LogP contribution >= 0.6 is 9.39 Å². The van der Waals surface area contributed by atoms with Gasteiger partial charge in [0.15, 0.2) is 0 Å². The lowest BCUT2D eigenvalue weighted by molar-refractivity contribution is 0.492. The summed E-state index contributed by atoms with van der Waals surface area (Å²) < 4.78 is 30.4. The Morgan fingerprint density at radius 1 is 1.44 bits per heavy atom. The molecule has 0 spiro atoms. The van der Waals surface area contributed by atoms with Crippen molar-refractivity contribution < 1.29 is 13.0 Å². The molecule has 0 aromatic heterocycles. The Hall–Kier alpha value is -1.44. The number of hydrogen-bond donors (Lipinski definition) is 2. The molecule has 3 N–H and O–H groups in total. The molecule has 0 amide bonds. The Bertz CT molecular complexity index is 547. The predicted octanol–water partition coefficient (Wildman–Crippen LogP) is 1.79. The summed E-state index contributed by atoms with van der Waals surface area (Å²) in [6.07, 6.45) is 0.986. The first-order valence-corrected chi connectivity index (χ1v) is 6.45. The molecule has 0 saturated heterocycles. The van der Waals surface area contributed by atoms with Gasteiger partial charge in [0.2, 0.25) is 0 Å². The number of nitrogens with two attached hydrogens (primary N) is 1. The van der Waals surface area contributed by atoms with E-state index in [0.29, 0.717) is 5.70 Å². The average Bonchev–Trinajstić information content (AvgIpc) is 2.26. The van der Waals surface area contributed by atoms with E-state index in [1.807, 2.05) is 9.39 Å². The van der Waals surface area contributed by atoms with Crippen LogP contribution in [0, 0.1) is 0 Å². The molecule has 0 aromatic rings. The molecule has 8 nitrogen and oxygen atoms in total. The van der Waals surface area contributed by atoms with Crippen LogP contribution in [0.1, 0.15) is 6.92 Å². The van der Waals surface area contributed by atoms with E-state index in [-0.39, 0.29) is 11.4 Å². The molecule has 0 aromatic carbocycles. The van der Waals surface area contributed by atoms with Crippen LogP contribution in [0.3, 0.4) is 0 Å². The van der Waals surface area contributed by atoms with Crippen molar-refractivity contribution in [2.75, 3.05) is 7.05 Å². The zero-order chi connectivity index (χ0) is 14.3. The summed E-state index contributed by atoms with van der Waals surface area (Å²) in [4.78, 5) is 2.89. The van der Waals surface area contributed by atoms with Gasteiger partial charge in [-0.3, -0.25) is 4.55 Å². The van der Waals surface area contributed by atoms with Crippen molar-refractivity contribution in [2.45, 2.75) is 6.92 Å². The molecule has 0 aliphatic heterocycles. The van der Waals surface area contributed by atoms with Gasteiger partial charge in [0, 0.05) is 16.4 Å². The van der Waals surface area contributed by atoms with Crippen LogP contribution in [0.2, 0.25) is 0 Å². The highest BCUT2D eigenvalue weighted by atomic mass is 32.2. The minimum Gasteiger partial charge on any atom is -0.395 e. The molecule has 0 rings (SSSR count). The van der Waals surface area contributed by atoms with E-state index in [1.165, 1.54) is 7.05 Å². The van der Waals surface area contributed by atoms with Crippen molar-refractivity contribution in [3.63, 3.8) is 0 Å². The molecule has 0 heterocycles. The van der Waals surface area contributed by atoms with Crippen LogP contribution in [0.5, 0.6) is 0 Å². The minimum atomic E-state index is -4.40. The van der Waals surface area contributed by atoms with Gasteiger partial charge in [-0.05, 0) is 13.0 Å². The molecule has 100 valence electrons. The highest BCUT2D eigenvalue weighted by molar-refractivity contribution is 7.90. The SMILES string of the molecule is C=C(/C=C(N=NC)\C(N)=C(/C)N=NP)S(=O)(=O)O. The normalized spacial score (nSPS) is 15.2. The number of allylic oxidation sites excluding steroid dienone is 2. The zero-order valence-corrected chi connectivity index (χ0v) is 11.9. The van der Waals surface area contributed by atoms with E-state index in [0.717, 1.165) is 6.08 Å². The third-order valence-electron chi connectivity index (χ3n) is 1.71. The van der Waals surface area contributed by atoms with Crippen molar-refractivity contribution in [3.05, 3.63) is 34.7 Å². The van der Waals surface area contributed by atoms with Crippen LogP contribution in [0.4, 0.5) is 0 Å². The molecule has 18 heavy (non-hydrogen) atoms. The van der Waals surface area contributed by atoms with Gasteiger partial charge < -0.3 is 5.73 Å². The summed E-state index contributed by atoms with van der Waals surface area (Å²) in [5.41, 5.74) is 6.09. The van der Waals surface area contributed by atoms with Gasteiger partial charge in [-0.1, -0.05) is 6.58 Å². The van der Waals surface area contributed by atoms with Crippen molar-refractivity contribution in [3.8, 4) is 0 Å². The molecule has 1 atom stereocenters. The summed E-state index contributed by atoms with van der Waals surface area (Å²) in [5, 5.41) is 10.8. The molecule has 0 aliphatic rings. The maximum Gasteiger partial charge on any atom is 0.293 e. The molecule has 0 aliphatic carbocycles. The Morgan fingerprint density at radius 2 is 2.00 bits per heavy atom.